The fraction of sp³-hybridized carbons (Fsp3) is 0.133. The summed E-state index contributed by atoms with van der Waals surface area (Å²) in [4.78, 5) is 4.53. The summed E-state index contributed by atoms with van der Waals surface area (Å²) >= 11 is 15.6. The molecule has 1 aromatic heterocycles. The minimum atomic E-state index is -0.313. The number of halogens is 4. The summed E-state index contributed by atoms with van der Waals surface area (Å²) in [6.07, 6.45) is 0.570. The summed E-state index contributed by atoms with van der Waals surface area (Å²) in [6, 6.07) is 10.0. The summed E-state index contributed by atoms with van der Waals surface area (Å²) in [5, 5.41) is 0.567. The fourth-order valence-electron chi connectivity index (χ4n) is 2.28. The van der Waals surface area contributed by atoms with Gasteiger partial charge < -0.3 is 0 Å². The number of aryl methyl sites for hydroxylation is 1. The molecule has 3 aromatic rings. The number of imidazole rings is 1. The van der Waals surface area contributed by atoms with Crippen molar-refractivity contribution >= 4 is 50.2 Å². The zero-order chi connectivity index (χ0) is 15.0. The van der Waals surface area contributed by atoms with Crippen LogP contribution in [-0.2, 0) is 6.42 Å². The molecule has 0 radical (unpaired) electrons. The summed E-state index contributed by atoms with van der Waals surface area (Å²) in [7, 11) is 0. The van der Waals surface area contributed by atoms with E-state index >= 15 is 0 Å². The van der Waals surface area contributed by atoms with E-state index in [0.29, 0.717) is 28.4 Å². The average molecular weight is 388 g/mol. The normalized spacial score (nSPS) is 11.2. The highest BCUT2D eigenvalue weighted by molar-refractivity contribution is 9.10. The highest BCUT2D eigenvalue weighted by Gasteiger charge is 2.15. The van der Waals surface area contributed by atoms with Crippen molar-refractivity contribution in [3.8, 4) is 5.69 Å². The van der Waals surface area contributed by atoms with Crippen LogP contribution in [-0.4, -0.2) is 15.4 Å². The van der Waals surface area contributed by atoms with Gasteiger partial charge in [0.1, 0.15) is 11.6 Å². The molecule has 0 bridgehead atoms. The molecule has 0 fully saturated rings. The number of hydrogen-bond donors (Lipinski definition) is 0. The molecule has 108 valence electrons. The maximum absolute atomic E-state index is 13.6. The highest BCUT2D eigenvalue weighted by Crippen LogP contribution is 2.30. The lowest BCUT2D eigenvalue weighted by Gasteiger charge is -2.11. The van der Waals surface area contributed by atoms with Crippen molar-refractivity contribution in [1.82, 2.24) is 9.55 Å². The van der Waals surface area contributed by atoms with Gasteiger partial charge in [-0.05, 0) is 30.3 Å². The van der Waals surface area contributed by atoms with Crippen molar-refractivity contribution in [2.45, 2.75) is 6.42 Å². The third-order valence-corrected chi connectivity index (χ3v) is 4.16. The van der Waals surface area contributed by atoms with Crippen LogP contribution in [0.3, 0.4) is 0 Å². The predicted octanol–water partition coefficient (Wildman–Crippen LogP) is 5.36. The van der Waals surface area contributed by atoms with Crippen LogP contribution in [0.15, 0.2) is 40.9 Å². The molecule has 0 saturated carbocycles. The molecule has 0 amide bonds. The number of aromatic nitrogens is 2. The van der Waals surface area contributed by atoms with Crippen molar-refractivity contribution < 1.29 is 4.39 Å². The van der Waals surface area contributed by atoms with Gasteiger partial charge in [0.05, 0.1) is 21.7 Å². The van der Waals surface area contributed by atoms with Crippen LogP contribution in [0.2, 0.25) is 5.02 Å². The second-order valence-corrected chi connectivity index (χ2v) is 6.23. The summed E-state index contributed by atoms with van der Waals surface area (Å²) in [5.41, 5.74) is 2.14. The van der Waals surface area contributed by atoms with Gasteiger partial charge in [0, 0.05) is 22.8 Å². The standard InChI is InChI=1S/C15H10BrCl2FN2/c16-9-1-3-11(18)13(7-9)21-14-8-10(19)2-4-12(14)20-15(21)5-6-17/h1-4,7-8H,5-6H2. The van der Waals surface area contributed by atoms with Crippen LogP contribution >= 0.6 is 39.1 Å². The maximum atomic E-state index is 13.6. The third-order valence-electron chi connectivity index (χ3n) is 3.15. The van der Waals surface area contributed by atoms with E-state index < -0.39 is 0 Å². The van der Waals surface area contributed by atoms with E-state index in [0.717, 1.165) is 16.0 Å². The number of fused-ring (bicyclic) bond motifs is 1. The third kappa shape index (κ3) is 2.80. The minimum absolute atomic E-state index is 0.313. The van der Waals surface area contributed by atoms with Crippen molar-refractivity contribution in [3.63, 3.8) is 0 Å². The lowest BCUT2D eigenvalue weighted by molar-refractivity contribution is 0.629. The van der Waals surface area contributed by atoms with Gasteiger partial charge in [-0.2, -0.15) is 0 Å². The highest BCUT2D eigenvalue weighted by atomic mass is 79.9. The fourth-order valence-corrected chi connectivity index (χ4v) is 3.00. The molecule has 0 unspecified atom stereocenters. The smallest absolute Gasteiger partial charge is 0.125 e. The van der Waals surface area contributed by atoms with Crippen molar-refractivity contribution in [3.05, 3.63) is 57.5 Å². The topological polar surface area (TPSA) is 17.8 Å². The number of nitrogens with zero attached hydrogens (tertiary/aromatic N) is 2. The summed E-state index contributed by atoms with van der Waals surface area (Å²) in [5.74, 6) is 0.870. The van der Waals surface area contributed by atoms with Crippen LogP contribution in [0.1, 0.15) is 5.82 Å². The first-order valence-electron chi connectivity index (χ1n) is 6.28. The molecule has 0 saturated heterocycles. The Kier molecular flexibility index (Phi) is 4.20. The van der Waals surface area contributed by atoms with Crippen LogP contribution in [0.4, 0.5) is 4.39 Å². The molecule has 0 aliphatic carbocycles. The monoisotopic (exact) mass is 386 g/mol. The van der Waals surface area contributed by atoms with Gasteiger partial charge in [0.2, 0.25) is 0 Å². The quantitative estimate of drug-likeness (QED) is 0.553. The zero-order valence-corrected chi connectivity index (χ0v) is 13.9. The van der Waals surface area contributed by atoms with Gasteiger partial charge in [-0.25, -0.2) is 9.37 Å². The molecule has 3 rings (SSSR count). The molecule has 0 spiro atoms. The maximum Gasteiger partial charge on any atom is 0.125 e. The van der Waals surface area contributed by atoms with Crippen molar-refractivity contribution in [1.29, 1.82) is 0 Å². The van der Waals surface area contributed by atoms with Gasteiger partial charge in [0.15, 0.2) is 0 Å². The van der Waals surface area contributed by atoms with E-state index in [1.54, 1.807) is 12.1 Å². The Morgan fingerprint density at radius 1 is 1.19 bits per heavy atom. The molecule has 0 atom stereocenters. The van der Waals surface area contributed by atoms with E-state index in [-0.39, 0.29) is 5.82 Å². The molecular formula is C15H10BrCl2FN2. The van der Waals surface area contributed by atoms with Gasteiger partial charge in [-0.15, -0.1) is 11.6 Å². The Morgan fingerprint density at radius 3 is 2.76 bits per heavy atom. The summed E-state index contributed by atoms with van der Waals surface area (Å²) < 4.78 is 16.3. The molecular weight excluding hydrogens is 378 g/mol. The number of hydrogen-bond acceptors (Lipinski definition) is 1. The lowest BCUT2D eigenvalue weighted by Crippen LogP contribution is -2.03. The van der Waals surface area contributed by atoms with Crippen LogP contribution in [0, 0.1) is 5.82 Å². The Bertz CT molecular complexity index is 817. The SMILES string of the molecule is Fc1ccc2nc(CCCl)n(-c3cc(Br)ccc3Cl)c2c1. The van der Waals surface area contributed by atoms with Gasteiger partial charge in [0.25, 0.3) is 0 Å². The summed E-state index contributed by atoms with van der Waals surface area (Å²) in [6.45, 7) is 0. The minimum Gasteiger partial charge on any atom is -0.295 e. The van der Waals surface area contributed by atoms with E-state index in [1.165, 1.54) is 12.1 Å². The van der Waals surface area contributed by atoms with Crippen LogP contribution in [0.25, 0.3) is 16.7 Å². The first-order valence-corrected chi connectivity index (χ1v) is 7.99. The average Bonchev–Trinajstić information content (AvgIpc) is 2.79. The van der Waals surface area contributed by atoms with Crippen molar-refractivity contribution in [2.75, 3.05) is 5.88 Å². The lowest BCUT2D eigenvalue weighted by atomic mass is 10.2. The second-order valence-electron chi connectivity index (χ2n) is 4.53. The Balaban J connectivity index is 2.35. The zero-order valence-electron chi connectivity index (χ0n) is 10.8. The molecule has 0 aliphatic rings. The molecule has 21 heavy (non-hydrogen) atoms. The Morgan fingerprint density at radius 2 is 2.00 bits per heavy atom. The van der Waals surface area contributed by atoms with Gasteiger partial charge in [-0.3, -0.25) is 4.57 Å². The van der Waals surface area contributed by atoms with Gasteiger partial charge in [-0.1, -0.05) is 27.5 Å². The van der Waals surface area contributed by atoms with E-state index in [9.17, 15) is 4.39 Å². The number of rotatable bonds is 3. The number of alkyl halides is 1. The number of benzene rings is 2. The van der Waals surface area contributed by atoms with Crippen LogP contribution < -0.4 is 0 Å². The molecule has 0 aliphatic heterocycles. The van der Waals surface area contributed by atoms with E-state index in [2.05, 4.69) is 20.9 Å². The molecule has 2 aromatic carbocycles. The Hall–Kier alpha value is -1.10. The van der Waals surface area contributed by atoms with Gasteiger partial charge >= 0.3 is 0 Å². The second kappa shape index (κ2) is 5.95. The van der Waals surface area contributed by atoms with Crippen LogP contribution in [0.5, 0.6) is 0 Å². The molecule has 0 N–H and O–H groups in total. The first kappa shape index (κ1) is 14.8. The van der Waals surface area contributed by atoms with Crippen molar-refractivity contribution in [2.24, 2.45) is 0 Å². The van der Waals surface area contributed by atoms with E-state index in [1.807, 2.05) is 16.7 Å². The molecule has 2 nitrogen and oxygen atoms in total. The first-order chi connectivity index (χ1) is 10.1. The molecule has 1 heterocycles. The molecule has 6 heteroatoms. The predicted molar refractivity (Wildman–Crippen MR) is 88.2 cm³/mol. The van der Waals surface area contributed by atoms with E-state index in [4.69, 9.17) is 23.2 Å². The Labute approximate surface area is 139 Å². The largest absolute Gasteiger partial charge is 0.295 e.